The normalized spacial score (nSPS) is 19.8. The number of carbonyl (C=O) groups excluding carboxylic acids is 2. The molecule has 2 atom stereocenters. The van der Waals surface area contributed by atoms with Crippen LogP contribution in [0.2, 0.25) is 0 Å². The van der Waals surface area contributed by atoms with Gasteiger partial charge >= 0.3 is 0 Å². The summed E-state index contributed by atoms with van der Waals surface area (Å²) in [6.07, 6.45) is 2.22. The molecular formula is C20H24N2O3S. The van der Waals surface area contributed by atoms with Gasteiger partial charge in [0.2, 0.25) is 5.91 Å². The summed E-state index contributed by atoms with van der Waals surface area (Å²) in [4.78, 5) is 28.3. The number of rotatable bonds is 6. The summed E-state index contributed by atoms with van der Waals surface area (Å²) in [5.41, 5.74) is 2.36. The second-order valence-corrected chi connectivity index (χ2v) is 8.06. The van der Waals surface area contributed by atoms with Gasteiger partial charge in [-0.05, 0) is 38.0 Å². The van der Waals surface area contributed by atoms with E-state index in [-0.39, 0.29) is 22.4 Å². The van der Waals surface area contributed by atoms with E-state index < -0.39 is 0 Å². The van der Waals surface area contributed by atoms with E-state index >= 15 is 0 Å². The summed E-state index contributed by atoms with van der Waals surface area (Å²) >= 11 is 1.68. The van der Waals surface area contributed by atoms with Crippen molar-refractivity contribution in [2.24, 2.45) is 0 Å². The first-order valence-electron chi connectivity index (χ1n) is 8.79. The van der Waals surface area contributed by atoms with E-state index in [9.17, 15) is 9.59 Å². The fraction of sp³-hybridized carbons (Fsp3) is 0.400. The standard InChI is InChI=1S/C20H24N2O3S/c1-14-7-9-16(10-8-14)20-22(18(23)15(2)26-20)12-5-11-21(3)19(24)17-6-4-13-25-17/h4,6-10,13,15,20H,5,11-12H2,1-3H3/t15-,20-/m0/s1. The van der Waals surface area contributed by atoms with Crippen molar-refractivity contribution in [3.05, 3.63) is 59.5 Å². The molecule has 0 spiro atoms. The monoisotopic (exact) mass is 372 g/mol. The molecule has 0 unspecified atom stereocenters. The Hall–Kier alpha value is -2.21. The molecule has 0 saturated carbocycles. The summed E-state index contributed by atoms with van der Waals surface area (Å²) in [5, 5.41) is 0.00737. The van der Waals surface area contributed by atoms with E-state index in [0.29, 0.717) is 18.8 Å². The summed E-state index contributed by atoms with van der Waals surface area (Å²) in [6.45, 7) is 5.22. The maximum Gasteiger partial charge on any atom is 0.289 e. The minimum atomic E-state index is -0.138. The van der Waals surface area contributed by atoms with Crippen molar-refractivity contribution >= 4 is 23.6 Å². The molecule has 2 aromatic rings. The van der Waals surface area contributed by atoms with Crippen LogP contribution < -0.4 is 0 Å². The van der Waals surface area contributed by atoms with Crippen LogP contribution in [0.5, 0.6) is 0 Å². The van der Waals surface area contributed by atoms with E-state index in [1.807, 2.05) is 11.8 Å². The summed E-state index contributed by atoms with van der Waals surface area (Å²) in [6, 6.07) is 11.7. The molecule has 26 heavy (non-hydrogen) atoms. The van der Waals surface area contributed by atoms with Crippen LogP contribution in [0.3, 0.4) is 0 Å². The minimum absolute atomic E-state index is 0.0382. The highest BCUT2D eigenvalue weighted by atomic mass is 32.2. The van der Waals surface area contributed by atoms with Crippen LogP contribution in [0.4, 0.5) is 0 Å². The molecule has 138 valence electrons. The van der Waals surface area contributed by atoms with Gasteiger partial charge < -0.3 is 14.2 Å². The van der Waals surface area contributed by atoms with Gasteiger partial charge in [-0.1, -0.05) is 29.8 Å². The third-order valence-electron chi connectivity index (χ3n) is 4.58. The quantitative estimate of drug-likeness (QED) is 0.776. The van der Waals surface area contributed by atoms with Crippen molar-refractivity contribution in [2.45, 2.75) is 30.9 Å². The first kappa shape index (κ1) is 18.6. The van der Waals surface area contributed by atoms with Crippen molar-refractivity contribution in [1.29, 1.82) is 0 Å². The van der Waals surface area contributed by atoms with Crippen molar-refractivity contribution in [2.75, 3.05) is 20.1 Å². The molecule has 2 heterocycles. The molecule has 0 radical (unpaired) electrons. The van der Waals surface area contributed by atoms with Crippen molar-refractivity contribution in [1.82, 2.24) is 9.80 Å². The lowest BCUT2D eigenvalue weighted by atomic mass is 10.1. The molecule has 3 rings (SSSR count). The van der Waals surface area contributed by atoms with Crippen LogP contribution in [0.25, 0.3) is 0 Å². The molecule has 1 saturated heterocycles. The molecule has 2 amide bonds. The predicted molar refractivity (Wildman–Crippen MR) is 103 cm³/mol. The van der Waals surface area contributed by atoms with Gasteiger partial charge in [-0.3, -0.25) is 9.59 Å². The second-order valence-electron chi connectivity index (χ2n) is 6.63. The smallest absolute Gasteiger partial charge is 0.289 e. The van der Waals surface area contributed by atoms with Crippen LogP contribution in [-0.2, 0) is 4.79 Å². The Labute approximate surface area is 158 Å². The Balaban J connectivity index is 1.60. The predicted octanol–water partition coefficient (Wildman–Crippen LogP) is 3.71. The first-order chi connectivity index (χ1) is 12.5. The fourth-order valence-corrected chi connectivity index (χ4v) is 4.37. The maximum absolute atomic E-state index is 12.6. The van der Waals surface area contributed by atoms with Crippen molar-refractivity contribution in [3.8, 4) is 0 Å². The average molecular weight is 372 g/mol. The maximum atomic E-state index is 12.6. The molecule has 0 bridgehead atoms. The number of thioether (sulfide) groups is 1. The van der Waals surface area contributed by atoms with E-state index in [2.05, 4.69) is 31.2 Å². The molecule has 6 heteroatoms. The minimum Gasteiger partial charge on any atom is -0.459 e. The van der Waals surface area contributed by atoms with Crippen LogP contribution in [0, 0.1) is 6.92 Å². The Morgan fingerprint density at radius 1 is 1.27 bits per heavy atom. The highest BCUT2D eigenvalue weighted by Crippen LogP contribution is 2.42. The number of nitrogens with zero attached hydrogens (tertiary/aromatic N) is 2. The number of amides is 2. The van der Waals surface area contributed by atoms with Gasteiger partial charge in [-0.2, -0.15) is 0 Å². The van der Waals surface area contributed by atoms with Crippen LogP contribution in [-0.4, -0.2) is 47.0 Å². The molecule has 0 N–H and O–H groups in total. The zero-order chi connectivity index (χ0) is 18.7. The highest BCUT2D eigenvalue weighted by Gasteiger charge is 2.38. The summed E-state index contributed by atoms with van der Waals surface area (Å²) in [5.74, 6) is 0.368. The average Bonchev–Trinajstić information content (AvgIpc) is 3.26. The second kappa shape index (κ2) is 7.99. The lowest BCUT2D eigenvalue weighted by molar-refractivity contribution is -0.129. The lowest BCUT2D eigenvalue weighted by Gasteiger charge is -2.25. The van der Waals surface area contributed by atoms with Gasteiger partial charge in [-0.25, -0.2) is 0 Å². The summed E-state index contributed by atoms with van der Waals surface area (Å²) < 4.78 is 5.15. The third kappa shape index (κ3) is 3.96. The molecule has 1 fully saturated rings. The molecular weight excluding hydrogens is 348 g/mol. The number of hydrogen-bond donors (Lipinski definition) is 0. The Kier molecular flexibility index (Phi) is 5.71. The molecule has 5 nitrogen and oxygen atoms in total. The van der Waals surface area contributed by atoms with Gasteiger partial charge in [0.15, 0.2) is 5.76 Å². The van der Waals surface area contributed by atoms with Crippen LogP contribution >= 0.6 is 11.8 Å². The molecule has 1 aromatic heterocycles. The van der Waals surface area contributed by atoms with Crippen molar-refractivity contribution < 1.29 is 14.0 Å². The number of furan rings is 1. The van der Waals surface area contributed by atoms with Gasteiger partial charge in [-0.15, -0.1) is 11.8 Å². The molecule has 1 aliphatic heterocycles. The number of aryl methyl sites for hydroxylation is 1. The fourth-order valence-electron chi connectivity index (χ4n) is 3.06. The van der Waals surface area contributed by atoms with Gasteiger partial charge in [0, 0.05) is 20.1 Å². The molecule has 1 aromatic carbocycles. The number of benzene rings is 1. The first-order valence-corrected chi connectivity index (χ1v) is 9.73. The lowest BCUT2D eigenvalue weighted by Crippen LogP contribution is -2.34. The topological polar surface area (TPSA) is 53.8 Å². The Bertz CT molecular complexity index is 758. The Morgan fingerprint density at radius 3 is 2.65 bits per heavy atom. The largest absolute Gasteiger partial charge is 0.459 e. The molecule has 0 aliphatic carbocycles. The SMILES string of the molecule is Cc1ccc([C@@H]2S[C@@H](C)C(=O)N2CCCN(C)C(=O)c2ccco2)cc1. The van der Waals surface area contributed by atoms with E-state index in [4.69, 9.17) is 4.42 Å². The van der Waals surface area contributed by atoms with Gasteiger partial charge in [0.25, 0.3) is 5.91 Å². The van der Waals surface area contributed by atoms with Gasteiger partial charge in [0.05, 0.1) is 11.5 Å². The van der Waals surface area contributed by atoms with Gasteiger partial charge in [0.1, 0.15) is 5.37 Å². The highest BCUT2D eigenvalue weighted by molar-refractivity contribution is 8.01. The number of hydrogen-bond acceptors (Lipinski definition) is 4. The van der Waals surface area contributed by atoms with E-state index in [1.54, 1.807) is 35.8 Å². The van der Waals surface area contributed by atoms with E-state index in [1.165, 1.54) is 11.8 Å². The zero-order valence-corrected chi connectivity index (χ0v) is 16.2. The van der Waals surface area contributed by atoms with Crippen LogP contribution in [0.15, 0.2) is 47.1 Å². The molecule has 1 aliphatic rings. The number of carbonyl (C=O) groups is 2. The van der Waals surface area contributed by atoms with E-state index in [0.717, 1.165) is 12.0 Å². The Morgan fingerprint density at radius 2 is 2.00 bits per heavy atom. The zero-order valence-electron chi connectivity index (χ0n) is 15.3. The summed E-state index contributed by atoms with van der Waals surface area (Å²) in [7, 11) is 1.76. The van der Waals surface area contributed by atoms with Crippen LogP contribution in [0.1, 0.15) is 40.4 Å². The third-order valence-corrected chi connectivity index (χ3v) is 5.97. The van der Waals surface area contributed by atoms with Crippen molar-refractivity contribution in [3.63, 3.8) is 0 Å².